The molecule has 1 heterocycles. The summed E-state index contributed by atoms with van der Waals surface area (Å²) in [4.78, 5) is 0. The molecule has 3 rings (SSSR count). The number of H-pyrrole nitrogens is 1. The zero-order valence-electron chi connectivity index (χ0n) is 12.7. The van der Waals surface area contributed by atoms with Crippen LogP contribution in [-0.2, 0) is 0 Å². The van der Waals surface area contributed by atoms with Gasteiger partial charge in [-0.2, -0.15) is 5.10 Å². The molecule has 2 atom stereocenters. The van der Waals surface area contributed by atoms with Gasteiger partial charge in [0.25, 0.3) is 0 Å². The van der Waals surface area contributed by atoms with Crippen LogP contribution in [0.3, 0.4) is 0 Å². The van der Waals surface area contributed by atoms with E-state index in [0.29, 0.717) is 17.9 Å². The number of hydrogen-bond acceptors (Lipinski definition) is 2. The Morgan fingerprint density at radius 3 is 2.62 bits per heavy atom. The Balaban J connectivity index is 2.05. The lowest BCUT2D eigenvalue weighted by Gasteiger charge is -2.35. The molecule has 4 heteroatoms. The van der Waals surface area contributed by atoms with Gasteiger partial charge in [0.1, 0.15) is 0 Å². The van der Waals surface area contributed by atoms with Crippen LogP contribution in [0.1, 0.15) is 45.6 Å². The first-order chi connectivity index (χ1) is 10.2. The third-order valence-electron chi connectivity index (χ3n) is 4.71. The Morgan fingerprint density at radius 2 is 1.90 bits per heavy atom. The lowest BCUT2D eigenvalue weighted by Crippen LogP contribution is -2.27. The van der Waals surface area contributed by atoms with Crippen molar-refractivity contribution in [2.24, 2.45) is 11.8 Å². The molecule has 0 bridgehead atoms. The minimum absolute atomic E-state index is 0.472. The first-order valence-corrected chi connectivity index (χ1v) is 8.31. The van der Waals surface area contributed by atoms with Gasteiger partial charge in [0.05, 0.1) is 0 Å². The van der Waals surface area contributed by atoms with Crippen molar-refractivity contribution in [3.8, 4) is 11.4 Å². The number of aromatic amines is 1. The summed E-state index contributed by atoms with van der Waals surface area (Å²) in [6, 6.07) is 10.8. The highest BCUT2D eigenvalue weighted by molar-refractivity contribution is 7.71. The molecular weight excluding hydrogens is 278 g/mol. The van der Waals surface area contributed by atoms with Crippen LogP contribution in [0.2, 0.25) is 0 Å². The summed E-state index contributed by atoms with van der Waals surface area (Å²) in [5.74, 6) is 2.35. The predicted molar refractivity (Wildman–Crippen MR) is 88.7 cm³/mol. The zero-order chi connectivity index (χ0) is 14.8. The molecule has 2 aromatic rings. The maximum absolute atomic E-state index is 5.54. The van der Waals surface area contributed by atoms with E-state index in [1.807, 2.05) is 6.07 Å². The van der Waals surface area contributed by atoms with Crippen LogP contribution in [0.15, 0.2) is 30.3 Å². The van der Waals surface area contributed by atoms with Gasteiger partial charge < -0.3 is 0 Å². The fourth-order valence-electron chi connectivity index (χ4n) is 3.64. The molecule has 2 unspecified atom stereocenters. The molecule has 1 aliphatic carbocycles. The van der Waals surface area contributed by atoms with Crippen LogP contribution in [0, 0.1) is 16.6 Å². The quantitative estimate of drug-likeness (QED) is 0.810. The summed E-state index contributed by atoms with van der Waals surface area (Å²) in [7, 11) is 0. The average molecular weight is 301 g/mol. The molecular formula is C17H23N3S. The summed E-state index contributed by atoms with van der Waals surface area (Å²) < 4.78 is 3.03. The number of benzene rings is 1. The topological polar surface area (TPSA) is 33.6 Å². The number of rotatable bonds is 3. The van der Waals surface area contributed by atoms with E-state index in [1.54, 1.807) is 0 Å². The van der Waals surface area contributed by atoms with Gasteiger partial charge in [-0.1, -0.05) is 57.0 Å². The van der Waals surface area contributed by atoms with Crippen molar-refractivity contribution < 1.29 is 0 Å². The van der Waals surface area contributed by atoms with Crippen molar-refractivity contribution in [2.75, 3.05) is 0 Å². The maximum Gasteiger partial charge on any atom is 0.195 e. The standard InChI is InChI=1S/C17H23N3S/c1-12(2)14-10-6-7-11-15(14)20-16(18-19-17(20)21)13-8-4-3-5-9-13/h3-5,8-9,12,14-15H,6-7,10-11H2,1-2H3,(H,19,21). The van der Waals surface area contributed by atoms with E-state index in [0.717, 1.165) is 16.2 Å². The monoisotopic (exact) mass is 301 g/mol. The highest BCUT2D eigenvalue weighted by atomic mass is 32.1. The molecule has 0 saturated heterocycles. The number of aromatic nitrogens is 3. The van der Waals surface area contributed by atoms with Crippen LogP contribution < -0.4 is 0 Å². The van der Waals surface area contributed by atoms with E-state index in [9.17, 15) is 0 Å². The van der Waals surface area contributed by atoms with Crippen LogP contribution in [-0.4, -0.2) is 14.8 Å². The van der Waals surface area contributed by atoms with E-state index >= 15 is 0 Å². The summed E-state index contributed by atoms with van der Waals surface area (Å²) in [6.07, 6.45) is 5.13. The van der Waals surface area contributed by atoms with Crippen molar-refractivity contribution in [3.63, 3.8) is 0 Å². The first kappa shape index (κ1) is 14.5. The average Bonchev–Trinajstić information content (AvgIpc) is 2.89. The molecule has 1 aliphatic rings. The Labute approximate surface area is 131 Å². The number of nitrogens with zero attached hydrogens (tertiary/aromatic N) is 2. The normalized spacial score (nSPS) is 22.6. The van der Waals surface area contributed by atoms with Crippen LogP contribution in [0.4, 0.5) is 0 Å². The SMILES string of the molecule is CC(C)C1CCCCC1n1c(-c2ccccc2)n[nH]c1=S. The lowest BCUT2D eigenvalue weighted by molar-refractivity contribution is 0.184. The third kappa shape index (κ3) is 2.82. The minimum Gasteiger partial charge on any atom is -0.297 e. The van der Waals surface area contributed by atoms with Gasteiger partial charge in [0, 0.05) is 11.6 Å². The molecule has 0 radical (unpaired) electrons. The zero-order valence-corrected chi connectivity index (χ0v) is 13.6. The number of hydrogen-bond donors (Lipinski definition) is 1. The predicted octanol–water partition coefficient (Wildman–Crippen LogP) is 4.99. The van der Waals surface area contributed by atoms with Crippen molar-refractivity contribution in [2.45, 2.75) is 45.6 Å². The fourth-order valence-corrected chi connectivity index (χ4v) is 3.91. The molecule has 0 spiro atoms. The molecule has 3 nitrogen and oxygen atoms in total. The van der Waals surface area contributed by atoms with Gasteiger partial charge in [-0.05, 0) is 36.9 Å². The number of nitrogens with one attached hydrogen (secondary N) is 1. The van der Waals surface area contributed by atoms with Gasteiger partial charge in [-0.3, -0.25) is 9.67 Å². The van der Waals surface area contributed by atoms with E-state index < -0.39 is 0 Å². The minimum atomic E-state index is 0.472. The second-order valence-corrected chi connectivity index (χ2v) is 6.73. The lowest BCUT2D eigenvalue weighted by atomic mass is 9.77. The van der Waals surface area contributed by atoms with Crippen LogP contribution >= 0.6 is 12.2 Å². The van der Waals surface area contributed by atoms with Gasteiger partial charge in [0.2, 0.25) is 0 Å². The molecule has 112 valence electrons. The molecule has 1 aromatic heterocycles. The van der Waals surface area contributed by atoms with Crippen molar-refractivity contribution >= 4 is 12.2 Å². The summed E-state index contributed by atoms with van der Waals surface area (Å²) in [5, 5.41) is 7.51. The summed E-state index contributed by atoms with van der Waals surface area (Å²) >= 11 is 5.54. The van der Waals surface area contributed by atoms with E-state index in [4.69, 9.17) is 12.2 Å². The van der Waals surface area contributed by atoms with Gasteiger partial charge in [0.15, 0.2) is 10.6 Å². The first-order valence-electron chi connectivity index (χ1n) is 7.91. The van der Waals surface area contributed by atoms with Crippen molar-refractivity contribution in [3.05, 3.63) is 35.1 Å². The van der Waals surface area contributed by atoms with Crippen LogP contribution in [0.25, 0.3) is 11.4 Å². The molecule has 21 heavy (non-hydrogen) atoms. The molecule has 0 amide bonds. The Kier molecular flexibility index (Phi) is 4.24. The molecule has 1 saturated carbocycles. The van der Waals surface area contributed by atoms with Gasteiger partial charge in [-0.15, -0.1) is 0 Å². The Morgan fingerprint density at radius 1 is 1.19 bits per heavy atom. The van der Waals surface area contributed by atoms with Crippen molar-refractivity contribution in [1.82, 2.24) is 14.8 Å². The van der Waals surface area contributed by atoms with E-state index in [1.165, 1.54) is 25.7 Å². The second-order valence-electron chi connectivity index (χ2n) is 6.35. The van der Waals surface area contributed by atoms with Crippen molar-refractivity contribution in [1.29, 1.82) is 0 Å². The van der Waals surface area contributed by atoms with Crippen LogP contribution in [0.5, 0.6) is 0 Å². The smallest absolute Gasteiger partial charge is 0.195 e. The molecule has 1 N–H and O–H groups in total. The van der Waals surface area contributed by atoms with Gasteiger partial charge in [-0.25, -0.2) is 0 Å². The summed E-state index contributed by atoms with van der Waals surface area (Å²) in [6.45, 7) is 4.66. The maximum atomic E-state index is 5.54. The Hall–Kier alpha value is -1.42. The molecule has 0 aliphatic heterocycles. The highest BCUT2D eigenvalue weighted by Crippen LogP contribution is 2.40. The molecule has 1 fully saturated rings. The van der Waals surface area contributed by atoms with Gasteiger partial charge >= 0.3 is 0 Å². The second kappa shape index (κ2) is 6.14. The third-order valence-corrected chi connectivity index (χ3v) is 4.99. The largest absolute Gasteiger partial charge is 0.297 e. The summed E-state index contributed by atoms with van der Waals surface area (Å²) in [5.41, 5.74) is 1.14. The van der Waals surface area contributed by atoms with E-state index in [-0.39, 0.29) is 0 Å². The van der Waals surface area contributed by atoms with E-state index in [2.05, 4.69) is 52.9 Å². The highest BCUT2D eigenvalue weighted by Gasteiger charge is 2.31. The molecule has 1 aromatic carbocycles. The Bertz CT molecular complexity index is 642. The fraction of sp³-hybridized carbons (Fsp3) is 0.529.